The molecule has 0 bridgehead atoms. The van der Waals surface area contributed by atoms with Crippen molar-refractivity contribution in [3.05, 3.63) is 0 Å². The van der Waals surface area contributed by atoms with Crippen molar-refractivity contribution < 1.29 is 24.2 Å². The molecule has 1 aliphatic rings. The van der Waals surface area contributed by atoms with Gasteiger partial charge in [0.05, 0.1) is 12.7 Å². The Morgan fingerprint density at radius 2 is 2.05 bits per heavy atom. The van der Waals surface area contributed by atoms with Gasteiger partial charge < -0.3 is 24.4 Å². The summed E-state index contributed by atoms with van der Waals surface area (Å²) < 4.78 is 10.2. The van der Waals surface area contributed by atoms with E-state index in [0.29, 0.717) is 38.6 Å². The molecule has 2 atom stereocenters. The summed E-state index contributed by atoms with van der Waals surface area (Å²) in [6.45, 7) is 5.80. The highest BCUT2D eigenvalue weighted by Gasteiger charge is 2.41. The van der Waals surface area contributed by atoms with Gasteiger partial charge in [-0.05, 0) is 5.92 Å². The molecule has 0 aromatic heterocycles. The summed E-state index contributed by atoms with van der Waals surface area (Å²) >= 11 is 0. The number of carbonyl (C=O) groups excluding carboxylic acids is 1. The second-order valence-electron chi connectivity index (χ2n) is 5.72. The topological polar surface area (TPSA) is 79.3 Å². The Morgan fingerprint density at radius 1 is 1.38 bits per heavy atom. The van der Waals surface area contributed by atoms with Crippen molar-refractivity contribution in [1.82, 2.24) is 9.80 Å². The highest BCUT2D eigenvalue weighted by Crippen LogP contribution is 2.22. The first-order chi connectivity index (χ1) is 9.90. The van der Waals surface area contributed by atoms with Crippen molar-refractivity contribution in [2.45, 2.75) is 32.4 Å². The smallest absolute Gasteiger partial charge is 0.326 e. The van der Waals surface area contributed by atoms with E-state index in [9.17, 15) is 14.7 Å². The van der Waals surface area contributed by atoms with Gasteiger partial charge in [0.2, 0.25) is 0 Å². The molecule has 1 fully saturated rings. The maximum absolute atomic E-state index is 12.6. The van der Waals surface area contributed by atoms with Crippen molar-refractivity contribution >= 4 is 12.0 Å². The van der Waals surface area contributed by atoms with Gasteiger partial charge in [0.1, 0.15) is 6.04 Å². The van der Waals surface area contributed by atoms with Gasteiger partial charge in [-0.3, -0.25) is 0 Å². The number of hydrogen-bond acceptors (Lipinski definition) is 4. The lowest BCUT2D eigenvalue weighted by Crippen LogP contribution is -2.50. The van der Waals surface area contributed by atoms with Crippen LogP contribution in [0.1, 0.15) is 20.3 Å². The largest absolute Gasteiger partial charge is 0.480 e. The van der Waals surface area contributed by atoms with Crippen molar-refractivity contribution in [3.63, 3.8) is 0 Å². The quantitative estimate of drug-likeness (QED) is 0.755. The Balaban J connectivity index is 2.81. The van der Waals surface area contributed by atoms with Crippen LogP contribution in [-0.2, 0) is 14.3 Å². The highest BCUT2D eigenvalue weighted by molar-refractivity contribution is 5.83. The second-order valence-corrected chi connectivity index (χ2v) is 5.72. The number of ether oxygens (including phenoxy) is 2. The molecular formula is C14H26N2O5. The number of carbonyl (C=O) groups is 2. The molecule has 122 valence electrons. The number of amides is 2. The molecule has 1 N–H and O–H groups in total. The number of hydrogen-bond donors (Lipinski definition) is 1. The Bertz CT molecular complexity index is 361. The summed E-state index contributed by atoms with van der Waals surface area (Å²) in [6.07, 6.45) is 0.107. The van der Waals surface area contributed by atoms with Gasteiger partial charge in [-0.25, -0.2) is 9.59 Å². The second kappa shape index (κ2) is 8.19. The molecule has 1 saturated heterocycles. The molecule has 1 rings (SSSR count). The molecule has 2 unspecified atom stereocenters. The predicted octanol–water partition coefficient (Wildman–Crippen LogP) is 0.885. The van der Waals surface area contributed by atoms with Gasteiger partial charge in [0, 0.05) is 40.3 Å². The van der Waals surface area contributed by atoms with Gasteiger partial charge in [0.15, 0.2) is 0 Å². The number of nitrogens with zero attached hydrogens (tertiary/aromatic N) is 2. The van der Waals surface area contributed by atoms with Crippen LogP contribution in [0.2, 0.25) is 0 Å². The van der Waals surface area contributed by atoms with Crippen LogP contribution < -0.4 is 0 Å². The first-order valence-electron chi connectivity index (χ1n) is 7.20. The number of rotatable bonds is 7. The van der Waals surface area contributed by atoms with Crippen LogP contribution in [0.15, 0.2) is 0 Å². The fourth-order valence-corrected chi connectivity index (χ4v) is 2.50. The zero-order valence-corrected chi connectivity index (χ0v) is 13.2. The number of likely N-dealkylation sites (tertiary alicyclic amines) is 1. The van der Waals surface area contributed by atoms with Crippen molar-refractivity contribution in [2.24, 2.45) is 5.92 Å². The third-order valence-electron chi connectivity index (χ3n) is 3.55. The molecule has 0 saturated carbocycles. The van der Waals surface area contributed by atoms with Crippen LogP contribution >= 0.6 is 0 Å². The fraction of sp³-hybridized carbons (Fsp3) is 0.857. The van der Waals surface area contributed by atoms with Crippen LogP contribution in [0.5, 0.6) is 0 Å². The number of methoxy groups -OCH3 is 2. The molecule has 1 heterocycles. The molecule has 1 aliphatic heterocycles. The number of carboxylic acid groups (broad SMARTS) is 1. The average molecular weight is 302 g/mol. The molecule has 21 heavy (non-hydrogen) atoms. The van der Waals surface area contributed by atoms with E-state index >= 15 is 0 Å². The lowest BCUT2D eigenvalue weighted by Gasteiger charge is -2.31. The predicted molar refractivity (Wildman–Crippen MR) is 77.2 cm³/mol. The lowest BCUT2D eigenvalue weighted by atomic mass is 10.2. The van der Waals surface area contributed by atoms with Crippen molar-refractivity contribution in [1.29, 1.82) is 0 Å². The van der Waals surface area contributed by atoms with Crippen LogP contribution in [0.25, 0.3) is 0 Å². The van der Waals surface area contributed by atoms with E-state index in [1.807, 2.05) is 13.8 Å². The molecule has 0 spiro atoms. The minimum atomic E-state index is -0.987. The first-order valence-corrected chi connectivity index (χ1v) is 7.20. The molecule has 7 heteroatoms. The summed E-state index contributed by atoms with van der Waals surface area (Å²) in [4.78, 5) is 27.0. The average Bonchev–Trinajstić information content (AvgIpc) is 2.86. The van der Waals surface area contributed by atoms with Gasteiger partial charge >= 0.3 is 12.0 Å². The number of urea groups is 1. The van der Waals surface area contributed by atoms with Gasteiger partial charge in [-0.15, -0.1) is 0 Å². The van der Waals surface area contributed by atoms with E-state index in [1.54, 1.807) is 12.0 Å². The lowest BCUT2D eigenvalue weighted by molar-refractivity contribution is -0.141. The third kappa shape index (κ3) is 4.86. The molecule has 0 radical (unpaired) electrons. The monoisotopic (exact) mass is 302 g/mol. The van der Waals surface area contributed by atoms with Crippen molar-refractivity contribution in [3.8, 4) is 0 Å². The van der Waals surface area contributed by atoms with Crippen LogP contribution in [-0.4, -0.2) is 79.5 Å². The molecule has 0 aromatic rings. The highest BCUT2D eigenvalue weighted by atomic mass is 16.5. The van der Waals surface area contributed by atoms with Crippen LogP contribution in [0.3, 0.4) is 0 Å². The Hall–Kier alpha value is -1.34. The van der Waals surface area contributed by atoms with E-state index in [1.165, 1.54) is 12.0 Å². The SMILES string of the molecule is COCCN(CC(C)C)C(=O)N1CC(OC)CC1C(=O)O. The van der Waals surface area contributed by atoms with E-state index in [2.05, 4.69) is 0 Å². The van der Waals surface area contributed by atoms with Gasteiger partial charge in [-0.2, -0.15) is 0 Å². The molecule has 0 aromatic carbocycles. The maximum Gasteiger partial charge on any atom is 0.326 e. The van der Waals surface area contributed by atoms with E-state index < -0.39 is 12.0 Å². The molecular weight excluding hydrogens is 276 g/mol. The minimum Gasteiger partial charge on any atom is -0.480 e. The molecule has 0 aliphatic carbocycles. The maximum atomic E-state index is 12.6. The van der Waals surface area contributed by atoms with E-state index in [-0.39, 0.29) is 12.1 Å². The van der Waals surface area contributed by atoms with E-state index in [4.69, 9.17) is 9.47 Å². The Kier molecular flexibility index (Phi) is 6.91. The summed E-state index contributed by atoms with van der Waals surface area (Å²) in [5.41, 5.74) is 0. The van der Waals surface area contributed by atoms with Gasteiger partial charge in [-0.1, -0.05) is 13.8 Å². The molecule has 2 amide bonds. The summed E-state index contributed by atoms with van der Waals surface area (Å²) in [7, 11) is 3.11. The summed E-state index contributed by atoms with van der Waals surface area (Å²) in [6, 6.07) is -1.08. The summed E-state index contributed by atoms with van der Waals surface area (Å²) in [5.74, 6) is -0.686. The summed E-state index contributed by atoms with van der Waals surface area (Å²) in [5, 5.41) is 9.29. The zero-order chi connectivity index (χ0) is 16.0. The first kappa shape index (κ1) is 17.7. The number of carboxylic acids is 1. The van der Waals surface area contributed by atoms with Crippen LogP contribution in [0, 0.1) is 5.92 Å². The van der Waals surface area contributed by atoms with Gasteiger partial charge in [0.25, 0.3) is 0 Å². The zero-order valence-electron chi connectivity index (χ0n) is 13.2. The minimum absolute atomic E-state index is 0.224. The Labute approximate surface area is 125 Å². The normalized spacial score (nSPS) is 21.9. The standard InChI is InChI=1S/C14H26N2O5/c1-10(2)8-15(5-6-20-3)14(19)16-9-11(21-4)7-12(16)13(17)18/h10-12H,5-9H2,1-4H3,(H,17,18). The number of aliphatic carboxylic acids is 1. The van der Waals surface area contributed by atoms with Crippen molar-refractivity contribution in [2.75, 3.05) is 40.5 Å². The van der Waals surface area contributed by atoms with E-state index in [0.717, 1.165) is 0 Å². The van der Waals surface area contributed by atoms with Crippen LogP contribution in [0.4, 0.5) is 4.79 Å². The third-order valence-corrected chi connectivity index (χ3v) is 3.55. The fourth-order valence-electron chi connectivity index (χ4n) is 2.50. The molecule has 7 nitrogen and oxygen atoms in total. The Morgan fingerprint density at radius 3 is 2.52 bits per heavy atom.